The molecule has 1 amide bonds. The van der Waals surface area contributed by atoms with Gasteiger partial charge in [0.15, 0.2) is 0 Å². The Bertz CT molecular complexity index is 379. The third kappa shape index (κ3) is 3.03. The normalized spacial score (nSPS) is 9.67. The molecular formula is C9H11N3O3. The zero-order chi connectivity index (χ0) is 11.3. The number of pyridine rings is 1. The number of carboxylic acids is 1. The van der Waals surface area contributed by atoms with Gasteiger partial charge in [0.1, 0.15) is 5.69 Å². The van der Waals surface area contributed by atoms with Crippen LogP contribution in [-0.2, 0) is 0 Å². The van der Waals surface area contributed by atoms with E-state index in [9.17, 15) is 9.59 Å². The monoisotopic (exact) mass is 209 g/mol. The summed E-state index contributed by atoms with van der Waals surface area (Å²) in [7, 11) is 0. The maximum Gasteiger partial charge on any atom is 0.354 e. The van der Waals surface area contributed by atoms with Crippen LogP contribution in [0, 0.1) is 0 Å². The van der Waals surface area contributed by atoms with Crippen molar-refractivity contribution >= 4 is 11.9 Å². The summed E-state index contributed by atoms with van der Waals surface area (Å²) in [6.07, 6.45) is 1.28. The molecule has 1 aromatic rings. The molecule has 0 aliphatic rings. The van der Waals surface area contributed by atoms with Gasteiger partial charge < -0.3 is 16.2 Å². The molecule has 0 saturated carbocycles. The van der Waals surface area contributed by atoms with Gasteiger partial charge in [-0.25, -0.2) is 9.78 Å². The zero-order valence-electron chi connectivity index (χ0n) is 7.93. The van der Waals surface area contributed by atoms with Crippen molar-refractivity contribution in [1.29, 1.82) is 0 Å². The Balaban J connectivity index is 2.81. The lowest BCUT2D eigenvalue weighted by molar-refractivity contribution is 0.0690. The van der Waals surface area contributed by atoms with Gasteiger partial charge in [0.2, 0.25) is 0 Å². The van der Waals surface area contributed by atoms with Crippen LogP contribution in [-0.4, -0.2) is 35.1 Å². The SMILES string of the molecule is NCCNC(=O)c1ccnc(C(=O)O)c1. The van der Waals surface area contributed by atoms with Crippen LogP contribution in [0.5, 0.6) is 0 Å². The molecule has 0 fully saturated rings. The Labute approximate surface area is 86.1 Å². The van der Waals surface area contributed by atoms with Crippen molar-refractivity contribution in [1.82, 2.24) is 10.3 Å². The first kappa shape index (κ1) is 11.1. The first-order valence-electron chi connectivity index (χ1n) is 4.32. The van der Waals surface area contributed by atoms with Crippen LogP contribution in [0.1, 0.15) is 20.8 Å². The van der Waals surface area contributed by atoms with Gasteiger partial charge in [0, 0.05) is 24.8 Å². The third-order valence-electron chi connectivity index (χ3n) is 1.67. The summed E-state index contributed by atoms with van der Waals surface area (Å²) in [5, 5.41) is 11.2. The molecule has 1 aromatic heterocycles. The fourth-order valence-electron chi connectivity index (χ4n) is 0.976. The lowest BCUT2D eigenvalue weighted by atomic mass is 10.2. The molecule has 0 aliphatic heterocycles. The summed E-state index contributed by atoms with van der Waals surface area (Å²) >= 11 is 0. The highest BCUT2D eigenvalue weighted by Gasteiger charge is 2.09. The molecule has 0 aliphatic carbocycles. The van der Waals surface area contributed by atoms with Crippen molar-refractivity contribution in [3.8, 4) is 0 Å². The molecule has 15 heavy (non-hydrogen) atoms. The second kappa shape index (κ2) is 5.06. The molecule has 1 rings (SSSR count). The van der Waals surface area contributed by atoms with Crippen molar-refractivity contribution < 1.29 is 14.7 Å². The number of carboxylic acid groups (broad SMARTS) is 1. The van der Waals surface area contributed by atoms with Crippen LogP contribution < -0.4 is 11.1 Å². The first-order chi connectivity index (χ1) is 7.15. The van der Waals surface area contributed by atoms with Crippen LogP contribution in [0.3, 0.4) is 0 Å². The number of nitrogens with two attached hydrogens (primary N) is 1. The van der Waals surface area contributed by atoms with Gasteiger partial charge in [-0.2, -0.15) is 0 Å². The van der Waals surface area contributed by atoms with Crippen LogP contribution in [0.2, 0.25) is 0 Å². The van der Waals surface area contributed by atoms with E-state index in [-0.39, 0.29) is 17.2 Å². The molecule has 1 heterocycles. The van der Waals surface area contributed by atoms with E-state index >= 15 is 0 Å². The maximum absolute atomic E-state index is 11.4. The standard InChI is InChI=1S/C9H11N3O3/c10-2-4-12-8(13)6-1-3-11-7(5-6)9(14)15/h1,3,5H,2,4,10H2,(H,12,13)(H,14,15). The van der Waals surface area contributed by atoms with Gasteiger partial charge in [-0.1, -0.05) is 0 Å². The van der Waals surface area contributed by atoms with Gasteiger partial charge in [-0.05, 0) is 12.1 Å². The highest BCUT2D eigenvalue weighted by Crippen LogP contribution is 2.01. The molecule has 6 nitrogen and oxygen atoms in total. The van der Waals surface area contributed by atoms with Crippen molar-refractivity contribution in [2.24, 2.45) is 5.73 Å². The molecule has 0 radical (unpaired) electrons. The van der Waals surface area contributed by atoms with Crippen LogP contribution in [0.25, 0.3) is 0 Å². The molecule has 0 saturated heterocycles. The predicted molar refractivity (Wildman–Crippen MR) is 52.6 cm³/mol. The second-order valence-corrected chi connectivity index (χ2v) is 2.78. The van der Waals surface area contributed by atoms with E-state index in [1.165, 1.54) is 18.3 Å². The zero-order valence-corrected chi connectivity index (χ0v) is 7.93. The number of aromatic carboxylic acids is 1. The molecule has 0 spiro atoms. The largest absolute Gasteiger partial charge is 0.477 e. The number of hydrogen-bond donors (Lipinski definition) is 3. The molecule has 0 atom stereocenters. The average Bonchev–Trinajstić information content (AvgIpc) is 2.26. The number of amides is 1. The highest BCUT2D eigenvalue weighted by molar-refractivity contribution is 5.96. The van der Waals surface area contributed by atoms with Crippen molar-refractivity contribution in [2.75, 3.05) is 13.1 Å². The molecular weight excluding hydrogens is 198 g/mol. The number of rotatable bonds is 4. The summed E-state index contributed by atoms with van der Waals surface area (Å²) < 4.78 is 0. The Kier molecular flexibility index (Phi) is 3.75. The summed E-state index contributed by atoms with van der Waals surface area (Å²) in [6.45, 7) is 0.687. The summed E-state index contributed by atoms with van der Waals surface area (Å²) in [5.41, 5.74) is 5.31. The molecule has 0 unspecified atom stereocenters. The van der Waals surface area contributed by atoms with Gasteiger partial charge in [-0.15, -0.1) is 0 Å². The lowest BCUT2D eigenvalue weighted by Crippen LogP contribution is -2.29. The fourth-order valence-corrected chi connectivity index (χ4v) is 0.976. The average molecular weight is 209 g/mol. The second-order valence-electron chi connectivity index (χ2n) is 2.78. The third-order valence-corrected chi connectivity index (χ3v) is 1.67. The van der Waals surface area contributed by atoms with Crippen molar-refractivity contribution in [3.63, 3.8) is 0 Å². The van der Waals surface area contributed by atoms with E-state index in [1.54, 1.807) is 0 Å². The van der Waals surface area contributed by atoms with E-state index in [2.05, 4.69) is 10.3 Å². The van der Waals surface area contributed by atoms with E-state index in [1.807, 2.05) is 0 Å². The smallest absolute Gasteiger partial charge is 0.354 e. The molecule has 0 bridgehead atoms. The van der Waals surface area contributed by atoms with Gasteiger partial charge in [-0.3, -0.25) is 4.79 Å². The van der Waals surface area contributed by atoms with Crippen LogP contribution in [0.15, 0.2) is 18.3 Å². The number of aromatic nitrogens is 1. The summed E-state index contributed by atoms with van der Waals surface area (Å²) in [6, 6.07) is 2.66. The number of carbonyl (C=O) groups excluding carboxylic acids is 1. The van der Waals surface area contributed by atoms with Crippen molar-refractivity contribution in [2.45, 2.75) is 0 Å². The molecule has 6 heteroatoms. The summed E-state index contributed by atoms with van der Waals surface area (Å²) in [4.78, 5) is 25.6. The van der Waals surface area contributed by atoms with Crippen LogP contribution in [0.4, 0.5) is 0 Å². The van der Waals surface area contributed by atoms with Crippen LogP contribution >= 0.6 is 0 Å². The van der Waals surface area contributed by atoms with E-state index in [4.69, 9.17) is 10.8 Å². The fraction of sp³-hybridized carbons (Fsp3) is 0.222. The lowest BCUT2D eigenvalue weighted by Gasteiger charge is -2.03. The Morgan fingerprint density at radius 2 is 2.27 bits per heavy atom. The minimum Gasteiger partial charge on any atom is -0.477 e. The molecule has 4 N–H and O–H groups in total. The Morgan fingerprint density at radius 3 is 2.87 bits per heavy atom. The van der Waals surface area contributed by atoms with Gasteiger partial charge >= 0.3 is 5.97 Å². The molecule has 80 valence electrons. The number of nitrogens with one attached hydrogen (secondary N) is 1. The van der Waals surface area contributed by atoms with E-state index in [0.29, 0.717) is 13.1 Å². The van der Waals surface area contributed by atoms with E-state index < -0.39 is 5.97 Å². The minimum absolute atomic E-state index is 0.157. The minimum atomic E-state index is -1.16. The number of hydrogen-bond acceptors (Lipinski definition) is 4. The van der Waals surface area contributed by atoms with Gasteiger partial charge in [0.05, 0.1) is 0 Å². The molecule has 0 aromatic carbocycles. The predicted octanol–water partition coefficient (Wildman–Crippen LogP) is -0.532. The maximum atomic E-state index is 11.4. The Hall–Kier alpha value is -1.95. The van der Waals surface area contributed by atoms with Crippen molar-refractivity contribution in [3.05, 3.63) is 29.6 Å². The first-order valence-corrected chi connectivity index (χ1v) is 4.32. The number of carbonyl (C=O) groups is 2. The summed E-state index contributed by atoms with van der Waals surface area (Å²) in [5.74, 6) is -1.52. The topological polar surface area (TPSA) is 105 Å². The quantitative estimate of drug-likeness (QED) is 0.618. The highest BCUT2D eigenvalue weighted by atomic mass is 16.4. The van der Waals surface area contributed by atoms with E-state index in [0.717, 1.165) is 0 Å². The Morgan fingerprint density at radius 1 is 1.53 bits per heavy atom. The van der Waals surface area contributed by atoms with Gasteiger partial charge in [0.25, 0.3) is 5.91 Å². The number of nitrogens with zero attached hydrogens (tertiary/aromatic N) is 1.